The Balaban J connectivity index is 1.70. The molecular weight excluding hydrogens is 282 g/mol. The summed E-state index contributed by atoms with van der Waals surface area (Å²) in [5, 5.41) is 14.7. The molecule has 0 amide bonds. The molecule has 21 heavy (non-hydrogen) atoms. The van der Waals surface area contributed by atoms with Gasteiger partial charge in [-0.25, -0.2) is 4.68 Å². The number of hydrogen-bond donors (Lipinski definition) is 1. The first-order chi connectivity index (χ1) is 10.3. The van der Waals surface area contributed by atoms with Gasteiger partial charge in [0.1, 0.15) is 6.33 Å². The SMILES string of the molecule is CCc1ccc(CNc2ccc(-n3cnnn3)c(C)c2)s1. The van der Waals surface area contributed by atoms with Crippen LogP contribution in [0.1, 0.15) is 22.2 Å². The lowest BCUT2D eigenvalue weighted by atomic mass is 10.2. The van der Waals surface area contributed by atoms with E-state index >= 15 is 0 Å². The second-order valence-corrected chi connectivity index (χ2v) is 6.08. The van der Waals surface area contributed by atoms with E-state index in [-0.39, 0.29) is 0 Å². The molecule has 0 aliphatic heterocycles. The molecule has 2 aromatic heterocycles. The second kappa shape index (κ2) is 6.05. The zero-order valence-corrected chi connectivity index (χ0v) is 12.9. The molecule has 0 atom stereocenters. The van der Waals surface area contributed by atoms with Crippen LogP contribution in [0.25, 0.3) is 5.69 Å². The van der Waals surface area contributed by atoms with Crippen LogP contribution in [0.2, 0.25) is 0 Å². The summed E-state index contributed by atoms with van der Waals surface area (Å²) in [6.07, 6.45) is 2.71. The second-order valence-electron chi connectivity index (χ2n) is 4.83. The molecule has 0 spiro atoms. The number of anilines is 1. The van der Waals surface area contributed by atoms with Crippen LogP contribution < -0.4 is 5.32 Å². The predicted molar refractivity (Wildman–Crippen MR) is 84.9 cm³/mol. The van der Waals surface area contributed by atoms with E-state index in [9.17, 15) is 0 Å². The number of tetrazole rings is 1. The predicted octanol–water partition coefficient (Wildman–Crippen LogP) is 3.21. The highest BCUT2D eigenvalue weighted by atomic mass is 32.1. The molecule has 6 heteroatoms. The van der Waals surface area contributed by atoms with Gasteiger partial charge in [0, 0.05) is 22.0 Å². The molecule has 0 fully saturated rings. The summed E-state index contributed by atoms with van der Waals surface area (Å²) in [5.74, 6) is 0. The molecule has 0 saturated carbocycles. The molecule has 0 aliphatic carbocycles. The lowest BCUT2D eigenvalue weighted by Crippen LogP contribution is -2.01. The van der Waals surface area contributed by atoms with Gasteiger partial charge >= 0.3 is 0 Å². The molecule has 5 nitrogen and oxygen atoms in total. The minimum Gasteiger partial charge on any atom is -0.380 e. The quantitative estimate of drug-likeness (QED) is 0.786. The van der Waals surface area contributed by atoms with Crippen LogP contribution in [0.15, 0.2) is 36.7 Å². The van der Waals surface area contributed by atoms with Crippen molar-refractivity contribution in [1.29, 1.82) is 0 Å². The molecule has 0 saturated heterocycles. The highest BCUT2D eigenvalue weighted by Crippen LogP contribution is 2.21. The topological polar surface area (TPSA) is 55.6 Å². The van der Waals surface area contributed by atoms with Crippen molar-refractivity contribution < 1.29 is 0 Å². The Bertz CT molecular complexity index is 718. The Morgan fingerprint density at radius 2 is 2.05 bits per heavy atom. The summed E-state index contributed by atoms with van der Waals surface area (Å²) in [7, 11) is 0. The highest BCUT2D eigenvalue weighted by molar-refractivity contribution is 7.12. The van der Waals surface area contributed by atoms with E-state index in [2.05, 4.69) is 59.0 Å². The number of aryl methyl sites for hydroxylation is 2. The van der Waals surface area contributed by atoms with Gasteiger partial charge in [-0.3, -0.25) is 0 Å². The van der Waals surface area contributed by atoms with E-state index in [0.29, 0.717) is 0 Å². The van der Waals surface area contributed by atoms with Crippen molar-refractivity contribution in [3.8, 4) is 5.69 Å². The van der Waals surface area contributed by atoms with Gasteiger partial charge in [0.25, 0.3) is 0 Å². The minimum absolute atomic E-state index is 0.855. The average molecular weight is 299 g/mol. The highest BCUT2D eigenvalue weighted by Gasteiger charge is 2.04. The third-order valence-corrected chi connectivity index (χ3v) is 4.55. The van der Waals surface area contributed by atoms with E-state index in [1.807, 2.05) is 17.4 Å². The van der Waals surface area contributed by atoms with Crippen molar-refractivity contribution in [2.24, 2.45) is 0 Å². The van der Waals surface area contributed by atoms with Crippen molar-refractivity contribution in [1.82, 2.24) is 20.2 Å². The smallest absolute Gasteiger partial charge is 0.143 e. The molecule has 3 rings (SSSR count). The van der Waals surface area contributed by atoms with Crippen LogP contribution in [0, 0.1) is 6.92 Å². The number of aromatic nitrogens is 4. The van der Waals surface area contributed by atoms with Crippen LogP contribution in [-0.4, -0.2) is 20.2 Å². The lowest BCUT2D eigenvalue weighted by Gasteiger charge is -2.09. The first-order valence-corrected chi connectivity index (χ1v) is 7.73. The largest absolute Gasteiger partial charge is 0.380 e. The van der Waals surface area contributed by atoms with Crippen molar-refractivity contribution in [2.45, 2.75) is 26.8 Å². The Kier molecular flexibility index (Phi) is 3.96. The summed E-state index contributed by atoms with van der Waals surface area (Å²) in [5.41, 5.74) is 3.23. The van der Waals surface area contributed by atoms with Gasteiger partial charge in [-0.1, -0.05) is 6.92 Å². The first-order valence-electron chi connectivity index (χ1n) is 6.91. The maximum Gasteiger partial charge on any atom is 0.143 e. The Morgan fingerprint density at radius 1 is 1.19 bits per heavy atom. The molecule has 1 aromatic carbocycles. The van der Waals surface area contributed by atoms with E-state index in [0.717, 1.165) is 29.9 Å². The first kappa shape index (κ1) is 13.8. The van der Waals surface area contributed by atoms with Crippen molar-refractivity contribution in [3.05, 3.63) is 52.0 Å². The number of rotatable bonds is 5. The summed E-state index contributed by atoms with van der Waals surface area (Å²) < 4.78 is 1.67. The van der Waals surface area contributed by atoms with Crippen LogP contribution in [0.4, 0.5) is 5.69 Å². The van der Waals surface area contributed by atoms with Gasteiger partial charge in [0.2, 0.25) is 0 Å². The van der Waals surface area contributed by atoms with E-state index in [1.165, 1.54) is 9.75 Å². The maximum atomic E-state index is 3.92. The molecule has 3 aromatic rings. The zero-order valence-electron chi connectivity index (χ0n) is 12.1. The summed E-state index contributed by atoms with van der Waals surface area (Å²) in [6, 6.07) is 10.6. The Labute approximate surface area is 127 Å². The van der Waals surface area contributed by atoms with E-state index in [4.69, 9.17) is 0 Å². The van der Waals surface area contributed by atoms with E-state index in [1.54, 1.807) is 11.0 Å². The number of hydrogen-bond acceptors (Lipinski definition) is 5. The molecule has 1 N–H and O–H groups in total. The molecule has 0 radical (unpaired) electrons. The zero-order chi connectivity index (χ0) is 14.7. The molecule has 0 aliphatic rings. The Morgan fingerprint density at radius 3 is 2.71 bits per heavy atom. The average Bonchev–Trinajstić information content (AvgIpc) is 3.16. The van der Waals surface area contributed by atoms with Gasteiger partial charge in [-0.05, 0) is 59.7 Å². The fraction of sp³-hybridized carbons (Fsp3) is 0.267. The van der Waals surface area contributed by atoms with Crippen LogP contribution in [-0.2, 0) is 13.0 Å². The lowest BCUT2D eigenvalue weighted by molar-refractivity contribution is 0.785. The van der Waals surface area contributed by atoms with Crippen LogP contribution in [0.5, 0.6) is 0 Å². The third-order valence-electron chi connectivity index (χ3n) is 3.33. The monoisotopic (exact) mass is 299 g/mol. The van der Waals surface area contributed by atoms with Gasteiger partial charge in [-0.2, -0.15) is 0 Å². The number of nitrogens with one attached hydrogen (secondary N) is 1. The maximum absolute atomic E-state index is 3.92. The van der Waals surface area contributed by atoms with Gasteiger partial charge in [-0.15, -0.1) is 16.4 Å². The van der Waals surface area contributed by atoms with Crippen molar-refractivity contribution >= 4 is 17.0 Å². The summed E-state index contributed by atoms with van der Waals surface area (Å²) in [4.78, 5) is 2.78. The summed E-state index contributed by atoms with van der Waals surface area (Å²) >= 11 is 1.86. The van der Waals surface area contributed by atoms with Gasteiger partial charge < -0.3 is 5.32 Å². The number of nitrogens with zero attached hydrogens (tertiary/aromatic N) is 4. The van der Waals surface area contributed by atoms with Crippen LogP contribution in [0.3, 0.4) is 0 Å². The standard InChI is InChI=1S/C15H17N5S/c1-3-13-5-6-14(21-13)9-16-12-4-7-15(11(2)8-12)20-10-17-18-19-20/h4-8,10,16H,3,9H2,1-2H3. The van der Waals surface area contributed by atoms with Crippen molar-refractivity contribution in [3.63, 3.8) is 0 Å². The minimum atomic E-state index is 0.855. The fourth-order valence-corrected chi connectivity index (χ4v) is 3.09. The Hall–Kier alpha value is -2.21. The van der Waals surface area contributed by atoms with E-state index < -0.39 is 0 Å². The van der Waals surface area contributed by atoms with Gasteiger partial charge in [0.05, 0.1) is 5.69 Å². The molecule has 108 valence electrons. The normalized spacial score (nSPS) is 10.8. The fourth-order valence-electron chi connectivity index (χ4n) is 2.19. The number of benzene rings is 1. The van der Waals surface area contributed by atoms with Gasteiger partial charge in [0.15, 0.2) is 0 Å². The summed E-state index contributed by atoms with van der Waals surface area (Å²) in [6.45, 7) is 5.10. The molecular formula is C15H17N5S. The molecule has 0 unspecified atom stereocenters. The molecule has 2 heterocycles. The third kappa shape index (κ3) is 3.11. The van der Waals surface area contributed by atoms with Crippen molar-refractivity contribution in [2.75, 3.05) is 5.32 Å². The molecule has 0 bridgehead atoms. The number of thiophene rings is 1. The van der Waals surface area contributed by atoms with Crippen LogP contribution >= 0.6 is 11.3 Å².